The normalized spacial score (nSPS) is 10.7. The van der Waals surface area contributed by atoms with Gasteiger partial charge in [-0.25, -0.2) is 4.68 Å². The minimum Gasteiger partial charge on any atom is -0.497 e. The van der Waals surface area contributed by atoms with Crippen molar-refractivity contribution in [3.63, 3.8) is 0 Å². The Morgan fingerprint density at radius 3 is 2.52 bits per heavy atom. The van der Waals surface area contributed by atoms with Crippen molar-refractivity contribution >= 4 is 5.91 Å². The number of nitrogens with one attached hydrogen (secondary N) is 1. The fourth-order valence-electron chi connectivity index (χ4n) is 3.20. The van der Waals surface area contributed by atoms with E-state index in [2.05, 4.69) is 10.4 Å². The molecule has 1 N–H and O–H groups in total. The first-order chi connectivity index (χ1) is 14.2. The summed E-state index contributed by atoms with van der Waals surface area (Å²) in [5, 5.41) is 7.49. The summed E-state index contributed by atoms with van der Waals surface area (Å²) in [4.78, 5) is 13.0. The van der Waals surface area contributed by atoms with E-state index in [0.29, 0.717) is 17.9 Å². The zero-order valence-electron chi connectivity index (χ0n) is 16.4. The van der Waals surface area contributed by atoms with Crippen LogP contribution in [0.3, 0.4) is 0 Å². The third-order valence-electron chi connectivity index (χ3n) is 4.70. The molecule has 0 saturated heterocycles. The van der Waals surface area contributed by atoms with Crippen LogP contribution in [-0.4, -0.2) is 27.4 Å². The third-order valence-corrected chi connectivity index (χ3v) is 4.70. The molecule has 0 bridgehead atoms. The highest BCUT2D eigenvalue weighted by molar-refractivity contribution is 5.97. The Bertz CT molecular complexity index is 1110. The number of ether oxygens (including phenoxy) is 1. The van der Waals surface area contributed by atoms with Crippen molar-refractivity contribution in [2.45, 2.75) is 13.5 Å². The van der Waals surface area contributed by atoms with E-state index in [0.717, 1.165) is 22.6 Å². The minimum absolute atomic E-state index is 0.177. The Labute approximate surface area is 169 Å². The van der Waals surface area contributed by atoms with E-state index in [1.165, 1.54) is 0 Å². The summed E-state index contributed by atoms with van der Waals surface area (Å²) in [7, 11) is 1.63. The standard InChI is InChI=1S/C23H22N4O2/c1-17-6-5-7-19(14-17)27-23(26-12-3-4-13-26)21(16-25-27)22(28)24-15-18-8-10-20(29-2)11-9-18/h3-14,16H,15H2,1-2H3,(H,24,28). The second-order valence-corrected chi connectivity index (χ2v) is 6.75. The van der Waals surface area contributed by atoms with Crippen molar-refractivity contribution in [2.24, 2.45) is 0 Å². The number of hydrogen-bond acceptors (Lipinski definition) is 3. The predicted molar refractivity (Wildman–Crippen MR) is 112 cm³/mol. The first kappa shape index (κ1) is 18.6. The molecule has 146 valence electrons. The summed E-state index contributed by atoms with van der Waals surface area (Å²) < 4.78 is 8.86. The number of carbonyl (C=O) groups excluding carboxylic acids is 1. The fourth-order valence-corrected chi connectivity index (χ4v) is 3.20. The highest BCUT2D eigenvalue weighted by Crippen LogP contribution is 2.21. The van der Waals surface area contributed by atoms with E-state index in [-0.39, 0.29) is 5.91 Å². The molecule has 4 aromatic rings. The van der Waals surface area contributed by atoms with Gasteiger partial charge < -0.3 is 14.6 Å². The number of rotatable bonds is 6. The predicted octanol–water partition coefficient (Wildman–Crippen LogP) is 3.91. The van der Waals surface area contributed by atoms with Crippen molar-refractivity contribution < 1.29 is 9.53 Å². The Kier molecular flexibility index (Phi) is 5.16. The molecule has 0 aliphatic carbocycles. The maximum Gasteiger partial charge on any atom is 0.256 e. The Morgan fingerprint density at radius 1 is 1.07 bits per heavy atom. The molecule has 0 saturated carbocycles. The number of nitrogens with zero attached hydrogens (tertiary/aromatic N) is 3. The van der Waals surface area contributed by atoms with Crippen LogP contribution in [0.25, 0.3) is 11.5 Å². The van der Waals surface area contributed by atoms with Crippen molar-refractivity contribution in [2.75, 3.05) is 7.11 Å². The van der Waals surface area contributed by atoms with Crippen LogP contribution in [0, 0.1) is 6.92 Å². The summed E-state index contributed by atoms with van der Waals surface area (Å²) in [6, 6.07) is 19.5. The van der Waals surface area contributed by atoms with Crippen LogP contribution in [0.2, 0.25) is 0 Å². The Balaban J connectivity index is 1.63. The van der Waals surface area contributed by atoms with E-state index in [9.17, 15) is 4.79 Å². The summed E-state index contributed by atoms with van der Waals surface area (Å²) >= 11 is 0. The smallest absolute Gasteiger partial charge is 0.256 e. The van der Waals surface area contributed by atoms with Gasteiger partial charge in [-0.05, 0) is 54.4 Å². The van der Waals surface area contributed by atoms with Crippen molar-refractivity contribution in [3.8, 4) is 17.3 Å². The van der Waals surface area contributed by atoms with Gasteiger partial charge in [0.05, 0.1) is 19.0 Å². The van der Waals surface area contributed by atoms with Crippen molar-refractivity contribution in [1.82, 2.24) is 19.7 Å². The number of amides is 1. The Hall–Kier alpha value is -3.80. The van der Waals surface area contributed by atoms with Crippen LogP contribution in [0.4, 0.5) is 0 Å². The number of aryl methyl sites for hydroxylation is 1. The topological polar surface area (TPSA) is 61.1 Å². The van der Waals surface area contributed by atoms with Crippen LogP contribution >= 0.6 is 0 Å². The van der Waals surface area contributed by atoms with E-state index in [1.807, 2.05) is 84.5 Å². The lowest BCUT2D eigenvalue weighted by Gasteiger charge is -2.12. The molecule has 0 fully saturated rings. The number of methoxy groups -OCH3 is 1. The summed E-state index contributed by atoms with van der Waals surface area (Å²) in [5.74, 6) is 1.31. The third kappa shape index (κ3) is 3.91. The van der Waals surface area contributed by atoms with Gasteiger partial charge in [0.15, 0.2) is 5.82 Å². The van der Waals surface area contributed by atoms with Crippen LogP contribution < -0.4 is 10.1 Å². The monoisotopic (exact) mass is 386 g/mol. The first-order valence-corrected chi connectivity index (χ1v) is 9.35. The lowest BCUT2D eigenvalue weighted by molar-refractivity contribution is 0.0951. The van der Waals surface area contributed by atoms with Gasteiger partial charge in [-0.15, -0.1) is 0 Å². The number of benzene rings is 2. The first-order valence-electron chi connectivity index (χ1n) is 9.35. The van der Waals surface area contributed by atoms with E-state index in [1.54, 1.807) is 18.0 Å². The fraction of sp³-hybridized carbons (Fsp3) is 0.130. The van der Waals surface area contributed by atoms with Crippen molar-refractivity contribution in [1.29, 1.82) is 0 Å². The average molecular weight is 386 g/mol. The highest BCUT2D eigenvalue weighted by atomic mass is 16.5. The summed E-state index contributed by atoms with van der Waals surface area (Å²) in [5.41, 5.74) is 3.54. The van der Waals surface area contributed by atoms with Gasteiger partial charge in [0.2, 0.25) is 0 Å². The van der Waals surface area contributed by atoms with Gasteiger partial charge in [-0.3, -0.25) is 4.79 Å². The van der Waals surface area contributed by atoms with E-state index in [4.69, 9.17) is 4.74 Å². The molecule has 2 aromatic heterocycles. The van der Waals surface area contributed by atoms with E-state index >= 15 is 0 Å². The molecule has 29 heavy (non-hydrogen) atoms. The zero-order chi connectivity index (χ0) is 20.2. The molecule has 2 aromatic carbocycles. The number of aromatic nitrogens is 3. The molecule has 0 aliphatic heterocycles. The van der Waals surface area contributed by atoms with Gasteiger partial charge >= 0.3 is 0 Å². The molecular weight excluding hydrogens is 364 g/mol. The zero-order valence-corrected chi connectivity index (χ0v) is 16.4. The molecular formula is C23H22N4O2. The molecule has 0 radical (unpaired) electrons. The van der Waals surface area contributed by atoms with Gasteiger partial charge in [0.25, 0.3) is 5.91 Å². The van der Waals surface area contributed by atoms with Crippen LogP contribution in [0.1, 0.15) is 21.5 Å². The van der Waals surface area contributed by atoms with Crippen molar-refractivity contribution in [3.05, 3.63) is 95.9 Å². The molecule has 0 atom stereocenters. The van der Waals surface area contributed by atoms with Gasteiger partial charge in [-0.1, -0.05) is 24.3 Å². The molecule has 6 heteroatoms. The quantitative estimate of drug-likeness (QED) is 0.547. The van der Waals surface area contributed by atoms with E-state index < -0.39 is 0 Å². The molecule has 0 unspecified atom stereocenters. The molecule has 6 nitrogen and oxygen atoms in total. The largest absolute Gasteiger partial charge is 0.497 e. The number of carbonyl (C=O) groups is 1. The molecule has 0 aliphatic rings. The lowest BCUT2D eigenvalue weighted by atomic mass is 10.2. The molecule has 1 amide bonds. The van der Waals surface area contributed by atoms with Crippen LogP contribution in [0.15, 0.2) is 79.3 Å². The maximum atomic E-state index is 13.0. The van der Waals surface area contributed by atoms with Gasteiger partial charge in [-0.2, -0.15) is 5.10 Å². The second-order valence-electron chi connectivity index (χ2n) is 6.75. The summed E-state index contributed by atoms with van der Waals surface area (Å²) in [6.07, 6.45) is 5.42. The van der Waals surface area contributed by atoms with Gasteiger partial charge in [0.1, 0.15) is 11.3 Å². The second kappa shape index (κ2) is 8.06. The molecule has 4 rings (SSSR count). The SMILES string of the molecule is COc1ccc(CNC(=O)c2cnn(-c3cccc(C)c3)c2-n2cccc2)cc1. The highest BCUT2D eigenvalue weighted by Gasteiger charge is 2.19. The maximum absolute atomic E-state index is 13.0. The average Bonchev–Trinajstić information content (AvgIpc) is 3.42. The van der Waals surface area contributed by atoms with Crippen LogP contribution in [-0.2, 0) is 6.54 Å². The minimum atomic E-state index is -0.177. The molecule has 0 spiro atoms. The van der Waals surface area contributed by atoms with Gasteiger partial charge in [0, 0.05) is 18.9 Å². The lowest BCUT2D eigenvalue weighted by Crippen LogP contribution is -2.24. The van der Waals surface area contributed by atoms with Crippen LogP contribution in [0.5, 0.6) is 5.75 Å². The number of hydrogen-bond donors (Lipinski definition) is 1. The molecule has 2 heterocycles. The Morgan fingerprint density at radius 2 is 1.83 bits per heavy atom. The summed E-state index contributed by atoms with van der Waals surface area (Å²) in [6.45, 7) is 2.45.